The summed E-state index contributed by atoms with van der Waals surface area (Å²) in [5.74, 6) is 0. The minimum atomic E-state index is -1.98. The fraction of sp³-hybridized carbons (Fsp3) is 0.0732. The van der Waals surface area contributed by atoms with Crippen LogP contribution >= 0.6 is 11.8 Å². The van der Waals surface area contributed by atoms with Gasteiger partial charge in [-0.05, 0) is 52.2 Å². The summed E-state index contributed by atoms with van der Waals surface area (Å²) in [6, 6.07) is 42.3. The van der Waals surface area contributed by atoms with Gasteiger partial charge in [0.15, 0.2) is 0 Å². The van der Waals surface area contributed by atoms with Gasteiger partial charge >= 0.3 is 20.4 Å². The fourth-order valence-electron chi connectivity index (χ4n) is 7.59. The van der Waals surface area contributed by atoms with Gasteiger partial charge in [0.1, 0.15) is 19.9 Å². The first kappa shape index (κ1) is 30.5. The molecule has 8 heteroatoms. The Kier molecular flexibility index (Phi) is 6.98. The van der Waals surface area contributed by atoms with Crippen LogP contribution < -0.4 is 10.4 Å². The Morgan fingerprint density at radius 3 is 2.39 bits per heavy atom. The summed E-state index contributed by atoms with van der Waals surface area (Å²) in [6.07, 6.45) is 4.13. The molecule has 0 amide bonds. The van der Waals surface area contributed by atoms with Gasteiger partial charge in [0.2, 0.25) is 0 Å². The van der Waals surface area contributed by atoms with E-state index in [2.05, 4.69) is 89.4 Å². The molecule has 0 bridgehead atoms. The molecular weight excluding hydrogens is 734 g/mol. The van der Waals surface area contributed by atoms with E-state index in [1.165, 1.54) is 20.2 Å². The average Bonchev–Trinajstić information content (AvgIpc) is 3.75. The zero-order chi connectivity index (χ0) is 32.1. The van der Waals surface area contributed by atoms with E-state index < -0.39 is 14.2 Å². The zero-order valence-corrected chi connectivity index (χ0v) is 29.9. The van der Waals surface area contributed by atoms with Crippen LogP contribution in [-0.4, -0.2) is 27.0 Å². The third-order valence-electron chi connectivity index (χ3n) is 9.96. The summed E-state index contributed by atoms with van der Waals surface area (Å²) in [7, 11) is -1.98. The third kappa shape index (κ3) is 4.45. The molecule has 0 saturated heterocycles. The van der Waals surface area contributed by atoms with Crippen LogP contribution in [0, 0.1) is 12.1 Å². The molecule has 0 aliphatic carbocycles. The molecule has 1 atom stereocenters. The van der Waals surface area contributed by atoms with E-state index in [-0.39, 0.29) is 20.4 Å². The van der Waals surface area contributed by atoms with Crippen molar-refractivity contribution in [3.05, 3.63) is 145 Å². The Labute approximate surface area is 301 Å². The number of imidazole rings is 1. The summed E-state index contributed by atoms with van der Waals surface area (Å²) in [5.41, 5.74) is 5.40. The smallest absolute Gasteiger partial charge is 0.340 e. The second-order valence-corrected chi connectivity index (χ2v) is 18.4. The fourth-order valence-corrected chi connectivity index (χ4v) is 13.0. The van der Waals surface area contributed by atoms with Gasteiger partial charge in [0, 0.05) is 44.7 Å². The number of aromatic nitrogens is 4. The molecule has 4 nitrogen and oxygen atoms in total. The second kappa shape index (κ2) is 11.2. The molecule has 0 saturated carbocycles. The molecule has 5 heterocycles. The maximum atomic E-state index is 16.6. The van der Waals surface area contributed by atoms with Gasteiger partial charge in [-0.25, -0.2) is 9.37 Å². The summed E-state index contributed by atoms with van der Waals surface area (Å²) >= 11 is 1.86. The van der Waals surface area contributed by atoms with Crippen molar-refractivity contribution in [2.24, 2.45) is 0 Å². The van der Waals surface area contributed by atoms with Crippen molar-refractivity contribution in [1.29, 1.82) is 0 Å². The molecule has 10 rings (SSSR count). The van der Waals surface area contributed by atoms with Crippen LogP contribution in [0.3, 0.4) is 0 Å². The molecule has 49 heavy (non-hydrogen) atoms. The maximum Gasteiger partial charge on any atom is 2.00 e. The van der Waals surface area contributed by atoms with Gasteiger partial charge in [-0.3, -0.25) is 4.98 Å². The first-order valence-corrected chi connectivity index (χ1v) is 19.9. The van der Waals surface area contributed by atoms with E-state index in [0.717, 1.165) is 54.9 Å². The van der Waals surface area contributed by atoms with E-state index in [0.29, 0.717) is 11.1 Å². The van der Waals surface area contributed by atoms with Gasteiger partial charge in [-0.15, -0.1) is 29.8 Å². The zero-order valence-electron chi connectivity index (χ0n) is 26.5. The van der Waals surface area contributed by atoms with Crippen molar-refractivity contribution < 1.29 is 24.8 Å². The molecule has 5 aromatic carbocycles. The van der Waals surface area contributed by atoms with E-state index in [1.807, 2.05) is 77.1 Å². The Morgan fingerprint density at radius 1 is 0.673 bits per heavy atom. The van der Waals surface area contributed by atoms with Crippen molar-refractivity contribution >= 4 is 79.5 Å². The Balaban J connectivity index is 0.00000325. The minimum Gasteiger partial charge on any atom is -0.340 e. The molecule has 1 unspecified atom stereocenters. The van der Waals surface area contributed by atoms with Crippen LogP contribution in [0.2, 0.25) is 13.1 Å². The number of rotatable bonds is 3. The summed E-state index contributed by atoms with van der Waals surface area (Å²) in [4.78, 5) is 12.1. The maximum absolute atomic E-state index is 16.6. The summed E-state index contributed by atoms with van der Waals surface area (Å²) < 4.78 is 20.8. The molecule has 9 aromatic rings. The van der Waals surface area contributed by atoms with E-state index >= 15 is 4.39 Å². The third-order valence-corrected chi connectivity index (χ3v) is 15.0. The van der Waals surface area contributed by atoms with Crippen molar-refractivity contribution in [2.45, 2.75) is 29.1 Å². The topological polar surface area (TPSA) is 35.1 Å². The quantitative estimate of drug-likeness (QED) is 0.102. The number of pyridine rings is 2. The predicted molar refractivity (Wildman–Crippen MR) is 197 cm³/mol. The molecule has 0 fully saturated rings. The minimum absolute atomic E-state index is 0. The van der Waals surface area contributed by atoms with Crippen molar-refractivity contribution in [3.8, 4) is 5.69 Å². The number of hydrogen-bond donors (Lipinski definition) is 0. The number of para-hydroxylation sites is 1. The molecule has 0 N–H and O–H groups in total. The molecule has 0 radical (unpaired) electrons. The normalized spacial score (nSPS) is 14.3. The summed E-state index contributed by atoms with van der Waals surface area (Å²) in [6.45, 7) is 4.87. The van der Waals surface area contributed by atoms with E-state index in [4.69, 9.17) is 4.98 Å². The standard InChI is InChI=1S/C41H27FN4SSi.Pd/c1-48(2)37-15-6-5-14-35(37)47-36-23-31-30-12-8-18-43-41(30)46(34(31)24-38(36)48)27-10-7-9-25(21-27)39(42)26-16-17-28-29-11-3-4-13-33(29)45-20-19-44-40(45)32(28)22-26;/h3-20,23-24,39H,1-2H3;/q-2;+2. The number of halogens is 1. The predicted octanol–water partition coefficient (Wildman–Crippen LogP) is 9.08. The average molecular weight is 761 g/mol. The van der Waals surface area contributed by atoms with Gasteiger partial charge in [-0.2, -0.15) is 18.2 Å². The molecule has 0 spiro atoms. The first-order valence-electron chi connectivity index (χ1n) is 16.0. The van der Waals surface area contributed by atoms with Crippen molar-refractivity contribution in [1.82, 2.24) is 18.9 Å². The molecule has 1 aliphatic heterocycles. The number of nitrogens with zero attached hydrogens (tertiary/aromatic N) is 4. The Morgan fingerprint density at radius 2 is 1.47 bits per heavy atom. The number of hydrogen-bond acceptors (Lipinski definition) is 3. The van der Waals surface area contributed by atoms with Crippen LogP contribution in [0.1, 0.15) is 17.3 Å². The number of fused-ring (bicyclic) bond motifs is 11. The molecule has 238 valence electrons. The van der Waals surface area contributed by atoms with Gasteiger partial charge in [-0.1, -0.05) is 83.3 Å². The van der Waals surface area contributed by atoms with E-state index in [9.17, 15) is 0 Å². The molecule has 1 aliphatic rings. The second-order valence-electron chi connectivity index (χ2n) is 13.0. The first-order chi connectivity index (χ1) is 23.5. The van der Waals surface area contributed by atoms with Crippen molar-refractivity contribution in [3.63, 3.8) is 0 Å². The van der Waals surface area contributed by atoms with Gasteiger partial charge < -0.3 is 8.97 Å². The molecular formula is C41H27FN4PdSSi. The van der Waals surface area contributed by atoms with E-state index in [1.54, 1.807) is 6.20 Å². The van der Waals surface area contributed by atoms with Crippen molar-refractivity contribution in [2.75, 3.05) is 0 Å². The van der Waals surface area contributed by atoms with Crippen LogP contribution in [0.4, 0.5) is 4.39 Å². The van der Waals surface area contributed by atoms with Gasteiger partial charge in [0.05, 0.1) is 11.2 Å². The SMILES string of the molecule is C[Si]1(C)c2ccccc2Sc2cc3c4cccnc4n(-c4[c-]c(C(F)c5[c-]c6c(cc5)c5ccccc5n5ccnc65)ccc4)c3cc21.[Pd+2]. The van der Waals surface area contributed by atoms with Crippen LogP contribution in [0.25, 0.3) is 54.9 Å². The molecule has 4 aromatic heterocycles. The van der Waals surface area contributed by atoms with Gasteiger partial charge in [0.25, 0.3) is 0 Å². The van der Waals surface area contributed by atoms with Crippen LogP contribution in [-0.2, 0) is 20.4 Å². The largest absolute Gasteiger partial charge is 2.00 e. The van der Waals surface area contributed by atoms with Crippen LogP contribution in [0.15, 0.2) is 132 Å². The monoisotopic (exact) mass is 760 g/mol. The Hall–Kier alpha value is -4.58. The number of benzene rings is 5. The summed E-state index contributed by atoms with van der Waals surface area (Å²) in [5, 5.41) is 7.97. The van der Waals surface area contributed by atoms with Crippen LogP contribution in [0.5, 0.6) is 0 Å². The number of alkyl halides is 1. The Bertz CT molecular complexity index is 2790.